The minimum Gasteiger partial charge on any atom is -0.257 e. The first-order valence-electron chi connectivity index (χ1n) is 7.25. The summed E-state index contributed by atoms with van der Waals surface area (Å²) in [6, 6.07) is 10.9. The molecule has 2 aromatic rings. The molecular formula is C17H18ClN3. The van der Waals surface area contributed by atoms with Gasteiger partial charge in [-0.25, -0.2) is 0 Å². The molecule has 3 rings (SSSR count). The maximum atomic E-state index is 9.92. The molecule has 1 atom stereocenters. The van der Waals surface area contributed by atoms with E-state index in [1.165, 1.54) is 5.56 Å². The highest BCUT2D eigenvalue weighted by atomic mass is 35.5. The average Bonchev–Trinajstić information content (AvgIpc) is 2.74. The molecule has 21 heavy (non-hydrogen) atoms. The highest BCUT2D eigenvalue weighted by Crippen LogP contribution is 2.41. The van der Waals surface area contributed by atoms with E-state index in [-0.39, 0.29) is 0 Å². The largest absolute Gasteiger partial charge is 0.257 e. The smallest absolute Gasteiger partial charge is 0.130 e. The summed E-state index contributed by atoms with van der Waals surface area (Å²) >= 11 is 6.37. The summed E-state index contributed by atoms with van der Waals surface area (Å²) < 4.78 is 1.69. The van der Waals surface area contributed by atoms with Crippen LogP contribution in [-0.4, -0.2) is 9.78 Å². The number of aromatic nitrogens is 2. The number of halogens is 1. The predicted molar refractivity (Wildman–Crippen MR) is 83.3 cm³/mol. The van der Waals surface area contributed by atoms with Gasteiger partial charge in [-0.3, -0.25) is 4.68 Å². The Bertz CT molecular complexity index is 726. The zero-order valence-electron chi connectivity index (χ0n) is 12.4. The Balaban J connectivity index is 2.09. The summed E-state index contributed by atoms with van der Waals surface area (Å²) in [7, 11) is 1.84. The van der Waals surface area contributed by atoms with Crippen molar-refractivity contribution >= 4 is 11.6 Å². The Morgan fingerprint density at radius 1 is 1.43 bits per heavy atom. The van der Waals surface area contributed by atoms with Gasteiger partial charge in [-0.2, -0.15) is 10.4 Å². The molecule has 1 heterocycles. The van der Waals surface area contributed by atoms with Gasteiger partial charge in [0.1, 0.15) is 5.15 Å². The van der Waals surface area contributed by atoms with Crippen LogP contribution in [0.15, 0.2) is 24.3 Å². The van der Waals surface area contributed by atoms with Crippen LogP contribution < -0.4 is 0 Å². The van der Waals surface area contributed by atoms with Crippen molar-refractivity contribution in [3.63, 3.8) is 0 Å². The Hall–Kier alpha value is -1.79. The van der Waals surface area contributed by atoms with E-state index in [1.807, 2.05) is 20.0 Å². The fraction of sp³-hybridized carbons (Fsp3) is 0.412. The molecule has 0 saturated heterocycles. The first-order chi connectivity index (χ1) is 10.1. The molecule has 0 fully saturated rings. The molecule has 3 nitrogen and oxygen atoms in total. The van der Waals surface area contributed by atoms with Crippen molar-refractivity contribution in [1.82, 2.24) is 9.78 Å². The van der Waals surface area contributed by atoms with Crippen LogP contribution in [0.3, 0.4) is 0 Å². The molecule has 1 unspecified atom stereocenters. The lowest BCUT2D eigenvalue weighted by atomic mass is 9.68. The standard InChI is InChI=1S/C17H18ClN3/c1-12-14(16(18)21(2)20-12)10-17(11-19)9-5-7-13-6-3-4-8-15(13)17/h3-4,6,8H,5,7,9-10H2,1-2H3. The number of nitriles is 1. The van der Waals surface area contributed by atoms with Crippen LogP contribution >= 0.6 is 11.6 Å². The summed E-state index contributed by atoms with van der Waals surface area (Å²) in [5, 5.41) is 14.9. The van der Waals surface area contributed by atoms with Gasteiger partial charge in [-0.15, -0.1) is 0 Å². The van der Waals surface area contributed by atoms with Crippen LogP contribution in [0.4, 0.5) is 0 Å². The van der Waals surface area contributed by atoms with Gasteiger partial charge in [0, 0.05) is 19.0 Å². The van der Waals surface area contributed by atoms with E-state index < -0.39 is 5.41 Å². The van der Waals surface area contributed by atoms with E-state index in [0.717, 1.165) is 36.1 Å². The maximum Gasteiger partial charge on any atom is 0.130 e. The van der Waals surface area contributed by atoms with Gasteiger partial charge in [-0.1, -0.05) is 35.9 Å². The summed E-state index contributed by atoms with van der Waals surface area (Å²) in [5.74, 6) is 0. The number of hydrogen-bond donors (Lipinski definition) is 0. The summed E-state index contributed by atoms with van der Waals surface area (Å²) in [5.41, 5.74) is 3.89. The second-order valence-electron chi connectivity index (χ2n) is 5.86. The molecule has 0 aliphatic heterocycles. The van der Waals surface area contributed by atoms with Crippen molar-refractivity contribution < 1.29 is 0 Å². The number of hydrogen-bond acceptors (Lipinski definition) is 2. The number of aryl methyl sites for hydroxylation is 3. The summed E-state index contributed by atoms with van der Waals surface area (Å²) in [6.07, 6.45) is 3.62. The predicted octanol–water partition coefficient (Wildman–Crippen LogP) is 3.72. The van der Waals surface area contributed by atoms with Crippen LogP contribution in [0.1, 0.15) is 35.2 Å². The van der Waals surface area contributed by atoms with Gasteiger partial charge in [-0.05, 0) is 37.3 Å². The molecule has 0 amide bonds. The van der Waals surface area contributed by atoms with Gasteiger partial charge >= 0.3 is 0 Å². The van der Waals surface area contributed by atoms with Crippen LogP contribution in [0.5, 0.6) is 0 Å². The van der Waals surface area contributed by atoms with Crippen molar-refractivity contribution in [3.8, 4) is 6.07 Å². The van der Waals surface area contributed by atoms with Crippen LogP contribution in [0.2, 0.25) is 5.15 Å². The van der Waals surface area contributed by atoms with E-state index in [2.05, 4.69) is 29.4 Å². The molecule has 0 saturated carbocycles. The molecule has 1 aromatic heterocycles. The molecule has 1 aliphatic rings. The normalized spacial score (nSPS) is 20.9. The van der Waals surface area contributed by atoms with E-state index in [0.29, 0.717) is 11.6 Å². The quantitative estimate of drug-likeness (QED) is 0.848. The van der Waals surface area contributed by atoms with Gasteiger partial charge in [0.15, 0.2) is 0 Å². The Morgan fingerprint density at radius 3 is 2.86 bits per heavy atom. The summed E-state index contributed by atoms with van der Waals surface area (Å²) in [6.45, 7) is 1.96. The lowest BCUT2D eigenvalue weighted by molar-refractivity contribution is 0.449. The van der Waals surface area contributed by atoms with E-state index >= 15 is 0 Å². The minimum absolute atomic E-state index is 0.480. The van der Waals surface area contributed by atoms with Gasteiger partial charge in [0.2, 0.25) is 0 Å². The fourth-order valence-electron chi connectivity index (χ4n) is 3.44. The maximum absolute atomic E-state index is 9.92. The van der Waals surface area contributed by atoms with Crippen molar-refractivity contribution in [1.29, 1.82) is 5.26 Å². The third-order valence-corrected chi connectivity index (χ3v) is 5.02. The zero-order chi connectivity index (χ0) is 15.0. The molecule has 108 valence electrons. The first-order valence-corrected chi connectivity index (χ1v) is 7.63. The van der Waals surface area contributed by atoms with Crippen molar-refractivity contribution in [2.45, 2.75) is 38.0 Å². The Labute approximate surface area is 130 Å². The lowest BCUT2D eigenvalue weighted by Crippen LogP contribution is -2.32. The number of fused-ring (bicyclic) bond motifs is 1. The molecular weight excluding hydrogens is 282 g/mol. The Kier molecular flexibility index (Phi) is 3.51. The van der Waals surface area contributed by atoms with Crippen molar-refractivity contribution in [2.75, 3.05) is 0 Å². The lowest BCUT2D eigenvalue weighted by Gasteiger charge is -2.33. The van der Waals surface area contributed by atoms with E-state index in [9.17, 15) is 5.26 Å². The molecule has 1 aromatic carbocycles. The molecule has 4 heteroatoms. The summed E-state index contributed by atoms with van der Waals surface area (Å²) in [4.78, 5) is 0. The van der Waals surface area contributed by atoms with Gasteiger partial charge in [0.05, 0.1) is 17.2 Å². The third kappa shape index (κ3) is 2.24. The van der Waals surface area contributed by atoms with Gasteiger partial charge in [0.25, 0.3) is 0 Å². The molecule has 0 bridgehead atoms. The third-order valence-electron chi connectivity index (χ3n) is 4.55. The van der Waals surface area contributed by atoms with Crippen molar-refractivity contribution in [3.05, 3.63) is 51.8 Å². The monoisotopic (exact) mass is 299 g/mol. The highest BCUT2D eigenvalue weighted by Gasteiger charge is 2.38. The van der Waals surface area contributed by atoms with E-state index in [4.69, 9.17) is 11.6 Å². The first kappa shape index (κ1) is 14.2. The van der Waals surface area contributed by atoms with E-state index in [1.54, 1.807) is 4.68 Å². The Morgan fingerprint density at radius 2 is 2.19 bits per heavy atom. The van der Waals surface area contributed by atoms with Crippen LogP contribution in [-0.2, 0) is 25.3 Å². The highest BCUT2D eigenvalue weighted by molar-refractivity contribution is 6.30. The molecule has 1 aliphatic carbocycles. The van der Waals surface area contributed by atoms with Crippen molar-refractivity contribution in [2.24, 2.45) is 7.05 Å². The molecule has 0 N–H and O–H groups in total. The number of nitrogens with zero attached hydrogens (tertiary/aromatic N) is 3. The molecule has 0 radical (unpaired) electrons. The number of benzene rings is 1. The topological polar surface area (TPSA) is 41.6 Å². The minimum atomic E-state index is -0.480. The van der Waals surface area contributed by atoms with Gasteiger partial charge < -0.3 is 0 Å². The fourth-order valence-corrected chi connectivity index (χ4v) is 3.68. The zero-order valence-corrected chi connectivity index (χ0v) is 13.1. The van der Waals surface area contributed by atoms with Crippen LogP contribution in [0, 0.1) is 18.3 Å². The SMILES string of the molecule is Cc1nn(C)c(Cl)c1CC1(C#N)CCCc2ccccc21. The second kappa shape index (κ2) is 5.20. The second-order valence-corrected chi connectivity index (χ2v) is 6.22. The molecule has 0 spiro atoms. The van der Waals surface area contributed by atoms with Crippen LogP contribution in [0.25, 0.3) is 0 Å². The number of rotatable bonds is 2. The average molecular weight is 300 g/mol.